The van der Waals surface area contributed by atoms with Crippen molar-refractivity contribution in [3.8, 4) is 5.75 Å². The highest BCUT2D eigenvalue weighted by molar-refractivity contribution is 7.92. The molecule has 0 atom stereocenters. The molecule has 0 aliphatic heterocycles. The molecule has 29 heavy (non-hydrogen) atoms. The van der Waals surface area contributed by atoms with Gasteiger partial charge in [0.1, 0.15) is 12.3 Å². The van der Waals surface area contributed by atoms with Crippen molar-refractivity contribution >= 4 is 50.5 Å². The maximum absolute atomic E-state index is 12.5. The molecule has 1 N–H and O–H groups in total. The molecule has 1 fully saturated rings. The van der Waals surface area contributed by atoms with E-state index >= 15 is 0 Å². The standard InChI is InChI=1S/C20H22Cl2N2O4S/c1-29(26,27)24(15-8-11-18(21)19(22)12-15)13-20(25)23-14-6-9-17(10-7-14)28-16-4-2-3-5-16/h6-12,16H,2-5,13H2,1H3,(H,23,25). The highest BCUT2D eigenvalue weighted by atomic mass is 35.5. The average Bonchev–Trinajstić information content (AvgIpc) is 3.16. The van der Waals surface area contributed by atoms with Crippen molar-refractivity contribution in [1.82, 2.24) is 0 Å². The molecule has 0 aromatic heterocycles. The van der Waals surface area contributed by atoms with Gasteiger partial charge in [-0.15, -0.1) is 0 Å². The Hall–Kier alpha value is -1.96. The van der Waals surface area contributed by atoms with Gasteiger partial charge in [0.15, 0.2) is 0 Å². The summed E-state index contributed by atoms with van der Waals surface area (Å²) in [6, 6.07) is 11.4. The number of carbonyl (C=O) groups is 1. The van der Waals surface area contributed by atoms with Gasteiger partial charge in [0.05, 0.1) is 28.1 Å². The molecule has 1 saturated carbocycles. The molecule has 9 heteroatoms. The summed E-state index contributed by atoms with van der Waals surface area (Å²) in [6.45, 7) is -0.392. The van der Waals surface area contributed by atoms with E-state index in [4.69, 9.17) is 27.9 Å². The van der Waals surface area contributed by atoms with Gasteiger partial charge in [-0.25, -0.2) is 8.42 Å². The van der Waals surface area contributed by atoms with Crippen LogP contribution in [0.5, 0.6) is 5.75 Å². The maximum atomic E-state index is 12.5. The fraction of sp³-hybridized carbons (Fsp3) is 0.350. The third-order valence-electron chi connectivity index (χ3n) is 4.62. The number of sulfonamides is 1. The van der Waals surface area contributed by atoms with Crippen LogP contribution < -0.4 is 14.4 Å². The van der Waals surface area contributed by atoms with Crippen LogP contribution in [0.15, 0.2) is 42.5 Å². The van der Waals surface area contributed by atoms with Gasteiger partial charge in [-0.3, -0.25) is 9.10 Å². The smallest absolute Gasteiger partial charge is 0.245 e. The van der Waals surface area contributed by atoms with Crippen molar-refractivity contribution in [2.45, 2.75) is 31.8 Å². The molecule has 0 heterocycles. The second kappa shape index (κ2) is 9.24. The number of carbonyl (C=O) groups excluding carboxylic acids is 1. The normalized spacial score (nSPS) is 14.6. The van der Waals surface area contributed by atoms with E-state index in [9.17, 15) is 13.2 Å². The summed E-state index contributed by atoms with van der Waals surface area (Å²) in [6.07, 6.45) is 5.79. The topological polar surface area (TPSA) is 75.7 Å². The average molecular weight is 457 g/mol. The highest BCUT2D eigenvalue weighted by Gasteiger charge is 2.22. The SMILES string of the molecule is CS(=O)(=O)N(CC(=O)Nc1ccc(OC2CCCC2)cc1)c1ccc(Cl)c(Cl)c1. The van der Waals surface area contributed by atoms with Gasteiger partial charge in [0.25, 0.3) is 0 Å². The van der Waals surface area contributed by atoms with E-state index in [-0.39, 0.29) is 16.8 Å². The van der Waals surface area contributed by atoms with Crippen LogP contribution in [0, 0.1) is 0 Å². The summed E-state index contributed by atoms with van der Waals surface area (Å²) in [5, 5.41) is 3.21. The molecule has 6 nitrogen and oxygen atoms in total. The first-order chi connectivity index (χ1) is 13.7. The highest BCUT2D eigenvalue weighted by Crippen LogP contribution is 2.28. The van der Waals surface area contributed by atoms with Crippen LogP contribution in [0.1, 0.15) is 25.7 Å². The van der Waals surface area contributed by atoms with E-state index in [1.807, 2.05) is 0 Å². The summed E-state index contributed by atoms with van der Waals surface area (Å²) in [4.78, 5) is 12.5. The molecule has 0 unspecified atom stereocenters. The van der Waals surface area contributed by atoms with Crippen molar-refractivity contribution in [3.63, 3.8) is 0 Å². The molecule has 0 bridgehead atoms. The Morgan fingerprint density at radius 1 is 1.10 bits per heavy atom. The first-order valence-electron chi connectivity index (χ1n) is 9.22. The van der Waals surface area contributed by atoms with E-state index in [1.165, 1.54) is 31.0 Å². The van der Waals surface area contributed by atoms with E-state index in [2.05, 4.69) is 5.32 Å². The van der Waals surface area contributed by atoms with Gasteiger partial charge >= 0.3 is 0 Å². The number of benzene rings is 2. The molecule has 1 aliphatic carbocycles. The van der Waals surface area contributed by atoms with Gasteiger partial charge in [-0.2, -0.15) is 0 Å². The van der Waals surface area contributed by atoms with Gasteiger partial charge in [-0.05, 0) is 68.1 Å². The summed E-state index contributed by atoms with van der Waals surface area (Å²) >= 11 is 11.9. The predicted octanol–water partition coefficient (Wildman–Crippen LogP) is 4.72. The Balaban J connectivity index is 1.66. The number of nitrogens with zero attached hydrogens (tertiary/aromatic N) is 1. The lowest BCUT2D eigenvalue weighted by atomic mass is 10.2. The summed E-state index contributed by atoms with van der Waals surface area (Å²) < 4.78 is 31.2. The Morgan fingerprint density at radius 3 is 2.34 bits per heavy atom. The lowest BCUT2D eigenvalue weighted by Crippen LogP contribution is -2.37. The molecule has 2 aromatic carbocycles. The third kappa shape index (κ3) is 6.01. The largest absolute Gasteiger partial charge is 0.490 e. The van der Waals surface area contributed by atoms with Gasteiger partial charge in [0, 0.05) is 5.69 Å². The minimum absolute atomic E-state index is 0.205. The van der Waals surface area contributed by atoms with Crippen molar-refractivity contribution in [2.75, 3.05) is 22.4 Å². The van der Waals surface area contributed by atoms with Crippen molar-refractivity contribution in [1.29, 1.82) is 0 Å². The molecular formula is C20H22Cl2N2O4S. The van der Waals surface area contributed by atoms with Crippen molar-refractivity contribution in [2.24, 2.45) is 0 Å². The molecule has 0 spiro atoms. The maximum Gasteiger partial charge on any atom is 0.245 e. The van der Waals surface area contributed by atoms with E-state index in [0.717, 1.165) is 29.2 Å². The molecule has 1 aliphatic rings. The monoisotopic (exact) mass is 456 g/mol. The van der Waals surface area contributed by atoms with Crippen LogP contribution >= 0.6 is 23.2 Å². The van der Waals surface area contributed by atoms with Crippen molar-refractivity contribution in [3.05, 3.63) is 52.5 Å². The Kier molecular flexibility index (Phi) is 6.93. The summed E-state index contributed by atoms with van der Waals surface area (Å²) in [5.74, 6) is 0.273. The Bertz CT molecular complexity index is 974. The zero-order valence-corrected chi connectivity index (χ0v) is 18.2. The van der Waals surface area contributed by atoms with Crippen LogP contribution in [0.4, 0.5) is 11.4 Å². The number of halogens is 2. The fourth-order valence-corrected chi connectivity index (χ4v) is 4.33. The molecule has 156 valence electrons. The molecule has 3 rings (SSSR count). The van der Waals surface area contributed by atoms with E-state index in [0.29, 0.717) is 10.7 Å². The summed E-state index contributed by atoms with van der Waals surface area (Å²) in [5.41, 5.74) is 0.814. The number of amides is 1. The number of rotatable bonds is 7. The lowest BCUT2D eigenvalue weighted by Gasteiger charge is -2.22. The van der Waals surface area contributed by atoms with Gasteiger partial charge in [0.2, 0.25) is 15.9 Å². The minimum Gasteiger partial charge on any atom is -0.490 e. The van der Waals surface area contributed by atoms with Gasteiger partial charge < -0.3 is 10.1 Å². The zero-order chi connectivity index (χ0) is 21.0. The number of anilines is 2. The molecule has 1 amide bonds. The predicted molar refractivity (Wildman–Crippen MR) is 117 cm³/mol. The van der Waals surface area contributed by atoms with Crippen LogP contribution in [-0.2, 0) is 14.8 Å². The number of hydrogen-bond acceptors (Lipinski definition) is 4. The zero-order valence-electron chi connectivity index (χ0n) is 15.9. The minimum atomic E-state index is -3.70. The van der Waals surface area contributed by atoms with Crippen LogP contribution in [-0.4, -0.2) is 33.2 Å². The number of nitrogens with one attached hydrogen (secondary N) is 1. The van der Waals surface area contributed by atoms with Crippen LogP contribution in [0.2, 0.25) is 10.0 Å². The quantitative estimate of drug-likeness (QED) is 0.653. The Morgan fingerprint density at radius 2 is 1.76 bits per heavy atom. The first-order valence-corrected chi connectivity index (χ1v) is 11.8. The number of hydrogen-bond donors (Lipinski definition) is 1. The molecule has 0 saturated heterocycles. The number of ether oxygens (including phenoxy) is 1. The van der Waals surface area contributed by atoms with Crippen LogP contribution in [0.3, 0.4) is 0 Å². The first kappa shape index (κ1) is 21.7. The molecule has 2 aromatic rings. The fourth-order valence-electron chi connectivity index (χ4n) is 3.19. The lowest BCUT2D eigenvalue weighted by molar-refractivity contribution is -0.114. The molecular weight excluding hydrogens is 435 g/mol. The van der Waals surface area contributed by atoms with Crippen molar-refractivity contribution < 1.29 is 17.9 Å². The molecule has 0 radical (unpaired) electrons. The summed E-state index contributed by atoms with van der Waals surface area (Å²) in [7, 11) is -3.70. The second-order valence-electron chi connectivity index (χ2n) is 6.96. The third-order valence-corrected chi connectivity index (χ3v) is 6.50. The second-order valence-corrected chi connectivity index (χ2v) is 9.69. The van der Waals surface area contributed by atoms with E-state index in [1.54, 1.807) is 24.3 Å². The van der Waals surface area contributed by atoms with E-state index < -0.39 is 22.5 Å². The Labute approximate surface area is 180 Å². The van der Waals surface area contributed by atoms with Gasteiger partial charge in [-0.1, -0.05) is 23.2 Å². The van der Waals surface area contributed by atoms with Crippen LogP contribution in [0.25, 0.3) is 0 Å².